The lowest BCUT2D eigenvalue weighted by Gasteiger charge is -2.27. The molecule has 0 radical (unpaired) electrons. The standard InChI is InChI=1S/C17H17NO/c1-2-12-9-6-10-14-15(11-16(19)18-17(12)14)13-7-4-3-5-8-13/h3-10,15H,2,11H2,1H3,(H,18,19). The second kappa shape index (κ2) is 4.88. The molecule has 1 aliphatic rings. The average molecular weight is 251 g/mol. The van der Waals surface area contributed by atoms with Crippen molar-refractivity contribution in [1.82, 2.24) is 0 Å². The number of hydrogen-bond donors (Lipinski definition) is 1. The Morgan fingerprint density at radius 3 is 2.63 bits per heavy atom. The van der Waals surface area contributed by atoms with E-state index >= 15 is 0 Å². The van der Waals surface area contributed by atoms with Gasteiger partial charge in [-0.25, -0.2) is 0 Å². The van der Waals surface area contributed by atoms with Crippen LogP contribution in [0, 0.1) is 0 Å². The monoisotopic (exact) mass is 251 g/mol. The van der Waals surface area contributed by atoms with Gasteiger partial charge in [0.1, 0.15) is 0 Å². The minimum Gasteiger partial charge on any atom is -0.326 e. The molecule has 1 amide bonds. The molecule has 0 saturated heterocycles. The highest BCUT2D eigenvalue weighted by Crippen LogP contribution is 2.38. The van der Waals surface area contributed by atoms with Gasteiger partial charge in [-0.15, -0.1) is 0 Å². The number of amides is 1. The number of nitrogens with one attached hydrogen (secondary N) is 1. The molecule has 19 heavy (non-hydrogen) atoms. The van der Waals surface area contributed by atoms with Crippen molar-refractivity contribution in [3.05, 3.63) is 65.2 Å². The fraction of sp³-hybridized carbons (Fsp3) is 0.235. The number of hydrogen-bond acceptors (Lipinski definition) is 1. The zero-order valence-electron chi connectivity index (χ0n) is 11.0. The van der Waals surface area contributed by atoms with Gasteiger partial charge in [-0.1, -0.05) is 55.5 Å². The number of anilines is 1. The van der Waals surface area contributed by atoms with Gasteiger partial charge in [0.2, 0.25) is 5.91 Å². The predicted molar refractivity (Wildman–Crippen MR) is 77.4 cm³/mol. The van der Waals surface area contributed by atoms with E-state index in [9.17, 15) is 4.79 Å². The van der Waals surface area contributed by atoms with Gasteiger partial charge in [0.25, 0.3) is 0 Å². The molecule has 3 rings (SSSR count). The Labute approximate surface area is 113 Å². The van der Waals surface area contributed by atoms with Crippen molar-refractivity contribution < 1.29 is 4.79 Å². The number of aryl methyl sites for hydroxylation is 1. The summed E-state index contributed by atoms with van der Waals surface area (Å²) in [4.78, 5) is 12.0. The molecule has 2 aromatic rings. The molecule has 0 aliphatic carbocycles. The highest BCUT2D eigenvalue weighted by Gasteiger charge is 2.27. The summed E-state index contributed by atoms with van der Waals surface area (Å²) in [5, 5.41) is 3.04. The summed E-state index contributed by atoms with van der Waals surface area (Å²) in [6.45, 7) is 2.12. The van der Waals surface area contributed by atoms with Crippen molar-refractivity contribution >= 4 is 11.6 Å². The third-order valence-corrected chi connectivity index (χ3v) is 3.80. The summed E-state index contributed by atoms with van der Waals surface area (Å²) in [5.41, 5.74) is 4.69. The number of benzene rings is 2. The van der Waals surface area contributed by atoms with E-state index in [1.807, 2.05) is 18.2 Å². The number of carbonyl (C=O) groups excluding carboxylic acids is 1. The van der Waals surface area contributed by atoms with Crippen LogP contribution in [0.25, 0.3) is 0 Å². The SMILES string of the molecule is CCc1cccc2c1NC(=O)CC2c1ccccc1. The van der Waals surface area contributed by atoms with Gasteiger partial charge >= 0.3 is 0 Å². The highest BCUT2D eigenvalue weighted by atomic mass is 16.1. The fourth-order valence-electron chi connectivity index (χ4n) is 2.83. The van der Waals surface area contributed by atoms with Gasteiger partial charge < -0.3 is 5.32 Å². The Hall–Kier alpha value is -2.09. The minimum absolute atomic E-state index is 0.113. The maximum atomic E-state index is 12.0. The third-order valence-electron chi connectivity index (χ3n) is 3.80. The Kier molecular flexibility index (Phi) is 3.08. The molecule has 1 aliphatic heterocycles. The molecule has 2 nitrogen and oxygen atoms in total. The molecule has 1 heterocycles. The Morgan fingerprint density at radius 1 is 1.11 bits per heavy atom. The van der Waals surface area contributed by atoms with Gasteiger partial charge in [0.05, 0.1) is 0 Å². The van der Waals surface area contributed by atoms with Crippen LogP contribution in [-0.4, -0.2) is 5.91 Å². The van der Waals surface area contributed by atoms with E-state index in [2.05, 4.69) is 42.6 Å². The van der Waals surface area contributed by atoms with Gasteiger partial charge in [-0.2, -0.15) is 0 Å². The summed E-state index contributed by atoms with van der Waals surface area (Å²) in [6, 6.07) is 16.6. The average Bonchev–Trinajstić information content (AvgIpc) is 2.46. The van der Waals surface area contributed by atoms with Crippen LogP contribution in [0.5, 0.6) is 0 Å². The van der Waals surface area contributed by atoms with Gasteiger partial charge in [0, 0.05) is 18.0 Å². The van der Waals surface area contributed by atoms with Crippen molar-refractivity contribution in [3.8, 4) is 0 Å². The molecule has 96 valence electrons. The molecule has 1 atom stereocenters. The van der Waals surface area contributed by atoms with Crippen molar-refractivity contribution in [1.29, 1.82) is 0 Å². The maximum Gasteiger partial charge on any atom is 0.225 e. The number of fused-ring (bicyclic) bond motifs is 1. The first-order valence-electron chi connectivity index (χ1n) is 6.76. The van der Waals surface area contributed by atoms with Gasteiger partial charge in [-0.3, -0.25) is 4.79 Å². The fourth-order valence-corrected chi connectivity index (χ4v) is 2.83. The van der Waals surface area contributed by atoms with Crippen LogP contribution in [0.4, 0.5) is 5.69 Å². The van der Waals surface area contributed by atoms with Crippen LogP contribution < -0.4 is 5.32 Å². The van der Waals surface area contributed by atoms with E-state index < -0.39 is 0 Å². The first-order valence-corrected chi connectivity index (χ1v) is 6.76. The summed E-state index contributed by atoms with van der Waals surface area (Å²) < 4.78 is 0. The molecule has 0 spiro atoms. The first kappa shape index (κ1) is 12.0. The Bertz CT molecular complexity index is 604. The van der Waals surface area contributed by atoms with Crippen LogP contribution in [0.1, 0.15) is 36.0 Å². The van der Waals surface area contributed by atoms with Crippen molar-refractivity contribution in [2.45, 2.75) is 25.7 Å². The summed E-state index contributed by atoms with van der Waals surface area (Å²) in [5.74, 6) is 0.290. The zero-order chi connectivity index (χ0) is 13.2. The molecule has 2 heteroatoms. The lowest BCUT2D eigenvalue weighted by atomic mass is 9.83. The van der Waals surface area contributed by atoms with E-state index in [4.69, 9.17) is 0 Å². The Morgan fingerprint density at radius 2 is 1.89 bits per heavy atom. The maximum absolute atomic E-state index is 12.0. The zero-order valence-corrected chi connectivity index (χ0v) is 11.0. The van der Waals surface area contributed by atoms with Crippen LogP contribution in [0.2, 0.25) is 0 Å². The van der Waals surface area contributed by atoms with Gasteiger partial charge in [-0.05, 0) is 23.1 Å². The lowest BCUT2D eigenvalue weighted by Crippen LogP contribution is -2.24. The van der Waals surface area contributed by atoms with Crippen LogP contribution in [-0.2, 0) is 11.2 Å². The molecular formula is C17H17NO. The van der Waals surface area contributed by atoms with E-state index in [0.717, 1.165) is 12.1 Å². The van der Waals surface area contributed by atoms with Crippen LogP contribution >= 0.6 is 0 Å². The first-order chi connectivity index (χ1) is 9.29. The predicted octanol–water partition coefficient (Wildman–Crippen LogP) is 3.72. The second-order valence-corrected chi connectivity index (χ2v) is 4.95. The number of rotatable bonds is 2. The van der Waals surface area contributed by atoms with E-state index in [1.54, 1.807) is 0 Å². The van der Waals surface area contributed by atoms with Gasteiger partial charge in [0.15, 0.2) is 0 Å². The second-order valence-electron chi connectivity index (χ2n) is 4.95. The molecule has 2 aromatic carbocycles. The molecule has 0 saturated carbocycles. The van der Waals surface area contributed by atoms with E-state index in [1.165, 1.54) is 16.7 Å². The van der Waals surface area contributed by atoms with Crippen molar-refractivity contribution in [2.24, 2.45) is 0 Å². The normalized spacial score (nSPS) is 17.7. The molecule has 1 unspecified atom stereocenters. The quantitative estimate of drug-likeness (QED) is 0.866. The third kappa shape index (κ3) is 2.14. The smallest absolute Gasteiger partial charge is 0.225 e. The van der Waals surface area contributed by atoms with E-state index in [0.29, 0.717) is 6.42 Å². The van der Waals surface area contributed by atoms with Crippen LogP contribution in [0.3, 0.4) is 0 Å². The number of carbonyl (C=O) groups is 1. The van der Waals surface area contributed by atoms with Crippen molar-refractivity contribution in [2.75, 3.05) is 5.32 Å². The molecule has 0 fully saturated rings. The Balaban J connectivity index is 2.13. The summed E-state index contributed by atoms with van der Waals surface area (Å²) >= 11 is 0. The lowest BCUT2D eigenvalue weighted by molar-refractivity contribution is -0.116. The molecule has 0 aromatic heterocycles. The minimum atomic E-state index is 0.113. The van der Waals surface area contributed by atoms with Crippen molar-refractivity contribution in [3.63, 3.8) is 0 Å². The van der Waals surface area contributed by atoms with E-state index in [-0.39, 0.29) is 11.8 Å². The molecular weight excluding hydrogens is 234 g/mol. The molecule has 1 N–H and O–H groups in total. The largest absolute Gasteiger partial charge is 0.326 e. The number of para-hydroxylation sites is 1. The highest BCUT2D eigenvalue weighted by molar-refractivity contribution is 5.96. The molecule has 0 bridgehead atoms. The summed E-state index contributed by atoms with van der Waals surface area (Å²) in [6.07, 6.45) is 1.47. The summed E-state index contributed by atoms with van der Waals surface area (Å²) in [7, 11) is 0. The van der Waals surface area contributed by atoms with Crippen LogP contribution in [0.15, 0.2) is 48.5 Å². The topological polar surface area (TPSA) is 29.1 Å².